The molecule has 6 nitrogen and oxygen atoms in total. The molecule has 3 aromatic rings. The second-order valence-corrected chi connectivity index (χ2v) is 5.56. The van der Waals surface area contributed by atoms with Gasteiger partial charge in [0.2, 0.25) is 5.88 Å². The van der Waals surface area contributed by atoms with Gasteiger partial charge in [-0.3, -0.25) is 0 Å². The lowest BCUT2D eigenvalue weighted by Gasteiger charge is -2.12. The molecule has 0 saturated heterocycles. The Morgan fingerprint density at radius 3 is 2.32 bits per heavy atom. The average molecular weight is 336 g/mol. The normalized spacial score (nSPS) is 10.3. The molecule has 0 bridgehead atoms. The van der Waals surface area contributed by atoms with Crippen molar-refractivity contribution in [2.45, 2.75) is 13.5 Å². The second-order valence-electron chi connectivity index (χ2n) is 5.56. The number of nitrogens with one attached hydrogen (secondary N) is 1. The van der Waals surface area contributed by atoms with Gasteiger partial charge >= 0.3 is 0 Å². The van der Waals surface area contributed by atoms with E-state index in [-0.39, 0.29) is 0 Å². The highest BCUT2D eigenvalue weighted by molar-refractivity contribution is 5.67. The quantitative estimate of drug-likeness (QED) is 0.713. The number of aryl methyl sites for hydroxylation is 1. The van der Waals surface area contributed by atoms with E-state index >= 15 is 0 Å². The van der Waals surface area contributed by atoms with Crippen molar-refractivity contribution >= 4 is 11.5 Å². The third kappa shape index (κ3) is 4.17. The van der Waals surface area contributed by atoms with Gasteiger partial charge in [-0.25, -0.2) is 4.98 Å². The Labute approximate surface area is 146 Å². The van der Waals surface area contributed by atoms with E-state index in [0.717, 1.165) is 11.3 Å². The van der Waals surface area contributed by atoms with E-state index in [1.807, 2.05) is 12.1 Å². The fourth-order valence-electron chi connectivity index (χ4n) is 2.25. The molecule has 25 heavy (non-hydrogen) atoms. The van der Waals surface area contributed by atoms with Gasteiger partial charge in [-0.2, -0.15) is 4.98 Å². The van der Waals surface area contributed by atoms with Crippen molar-refractivity contribution in [1.82, 2.24) is 9.97 Å². The van der Waals surface area contributed by atoms with Crippen LogP contribution in [0.15, 0.2) is 54.9 Å². The smallest absolute Gasteiger partial charge is 0.248 e. The Kier molecular flexibility index (Phi) is 4.99. The number of ether oxygens (including phenoxy) is 2. The number of nitrogens with two attached hydrogens (primary N) is 1. The van der Waals surface area contributed by atoms with Crippen LogP contribution in [0.4, 0.5) is 11.5 Å². The molecule has 0 aliphatic rings. The predicted molar refractivity (Wildman–Crippen MR) is 98.0 cm³/mol. The minimum absolute atomic E-state index is 0.312. The molecular formula is C19H20N4O2. The molecule has 0 radical (unpaired) electrons. The molecule has 0 saturated carbocycles. The molecule has 3 rings (SSSR count). The minimum Gasteiger partial charge on any atom is -0.497 e. The summed E-state index contributed by atoms with van der Waals surface area (Å²) in [5.74, 6) is 2.23. The van der Waals surface area contributed by atoms with Crippen LogP contribution in [-0.4, -0.2) is 17.1 Å². The predicted octanol–water partition coefficient (Wildman–Crippen LogP) is 3.78. The number of aromatic nitrogens is 2. The molecule has 6 heteroatoms. The first-order valence-corrected chi connectivity index (χ1v) is 7.87. The molecule has 0 fully saturated rings. The van der Waals surface area contributed by atoms with Crippen LogP contribution in [0.5, 0.6) is 17.4 Å². The lowest BCUT2D eigenvalue weighted by Crippen LogP contribution is -2.06. The third-order valence-corrected chi connectivity index (χ3v) is 3.70. The summed E-state index contributed by atoms with van der Waals surface area (Å²) < 4.78 is 10.9. The molecule has 1 aromatic heterocycles. The van der Waals surface area contributed by atoms with Crippen LogP contribution in [0.25, 0.3) is 0 Å². The van der Waals surface area contributed by atoms with Crippen molar-refractivity contribution in [2.24, 2.45) is 0 Å². The molecule has 3 N–H and O–H groups in total. The molecule has 1 heterocycles. The number of rotatable bonds is 6. The number of benzene rings is 2. The van der Waals surface area contributed by atoms with Gasteiger partial charge in [0.25, 0.3) is 0 Å². The monoisotopic (exact) mass is 336 g/mol. The van der Waals surface area contributed by atoms with Crippen LogP contribution in [0.3, 0.4) is 0 Å². The standard InChI is InChI=1S/C19H20N4O2/c1-13-3-5-14(6-4-13)11-21-18-17(20)19(23-12-22-18)25-16-9-7-15(24-2)8-10-16/h3-10,12H,11,20H2,1-2H3,(H,21,22,23). The highest BCUT2D eigenvalue weighted by atomic mass is 16.5. The average Bonchev–Trinajstić information content (AvgIpc) is 2.64. The van der Waals surface area contributed by atoms with E-state index in [1.165, 1.54) is 11.9 Å². The van der Waals surface area contributed by atoms with E-state index in [0.29, 0.717) is 29.7 Å². The van der Waals surface area contributed by atoms with Crippen molar-refractivity contribution in [3.8, 4) is 17.4 Å². The summed E-state index contributed by atoms with van der Waals surface area (Å²) in [5, 5.41) is 3.22. The summed E-state index contributed by atoms with van der Waals surface area (Å²) in [6.45, 7) is 2.67. The summed E-state index contributed by atoms with van der Waals surface area (Å²) in [5.41, 5.74) is 8.87. The molecule has 0 atom stereocenters. The van der Waals surface area contributed by atoms with Gasteiger partial charge in [0.05, 0.1) is 7.11 Å². The lowest BCUT2D eigenvalue weighted by molar-refractivity contribution is 0.412. The fraction of sp³-hybridized carbons (Fsp3) is 0.158. The van der Waals surface area contributed by atoms with Crippen LogP contribution >= 0.6 is 0 Å². The summed E-state index contributed by atoms with van der Waals surface area (Å²) >= 11 is 0. The van der Waals surface area contributed by atoms with Crippen molar-refractivity contribution in [2.75, 3.05) is 18.2 Å². The Morgan fingerprint density at radius 1 is 0.960 bits per heavy atom. The summed E-state index contributed by atoms with van der Waals surface area (Å²) in [6.07, 6.45) is 1.42. The van der Waals surface area contributed by atoms with Gasteiger partial charge in [-0.15, -0.1) is 0 Å². The van der Waals surface area contributed by atoms with Crippen LogP contribution in [0.2, 0.25) is 0 Å². The van der Waals surface area contributed by atoms with E-state index in [9.17, 15) is 0 Å². The molecule has 0 amide bonds. The Bertz CT molecular complexity index is 833. The minimum atomic E-state index is 0.312. The van der Waals surface area contributed by atoms with E-state index < -0.39 is 0 Å². The van der Waals surface area contributed by atoms with Crippen molar-refractivity contribution < 1.29 is 9.47 Å². The zero-order valence-corrected chi connectivity index (χ0v) is 14.2. The Balaban J connectivity index is 1.71. The van der Waals surface area contributed by atoms with Gasteiger partial charge in [0.15, 0.2) is 5.82 Å². The van der Waals surface area contributed by atoms with Crippen molar-refractivity contribution in [3.63, 3.8) is 0 Å². The zero-order chi connectivity index (χ0) is 17.6. The number of anilines is 2. The fourth-order valence-corrected chi connectivity index (χ4v) is 2.25. The molecule has 0 aliphatic heterocycles. The number of nitrogen functional groups attached to an aromatic ring is 1. The maximum Gasteiger partial charge on any atom is 0.248 e. The first-order valence-electron chi connectivity index (χ1n) is 7.87. The highest BCUT2D eigenvalue weighted by Gasteiger charge is 2.10. The Hall–Kier alpha value is -3.28. The van der Waals surface area contributed by atoms with Gasteiger partial charge < -0.3 is 20.5 Å². The summed E-state index contributed by atoms with van der Waals surface area (Å²) in [4.78, 5) is 8.31. The number of hydrogen-bond donors (Lipinski definition) is 2. The molecule has 0 unspecified atom stereocenters. The molecule has 128 valence electrons. The molecule has 0 aliphatic carbocycles. The first kappa shape index (κ1) is 16.6. The summed E-state index contributed by atoms with van der Waals surface area (Å²) in [7, 11) is 1.62. The SMILES string of the molecule is COc1ccc(Oc2ncnc(NCc3ccc(C)cc3)c2N)cc1. The van der Waals surface area contributed by atoms with E-state index in [1.54, 1.807) is 19.2 Å². The third-order valence-electron chi connectivity index (χ3n) is 3.70. The van der Waals surface area contributed by atoms with Crippen LogP contribution < -0.4 is 20.5 Å². The molecular weight excluding hydrogens is 316 g/mol. The zero-order valence-electron chi connectivity index (χ0n) is 14.2. The lowest BCUT2D eigenvalue weighted by atomic mass is 10.1. The maximum atomic E-state index is 6.14. The number of methoxy groups -OCH3 is 1. The maximum absolute atomic E-state index is 6.14. The van der Waals surface area contributed by atoms with Crippen molar-refractivity contribution in [3.05, 3.63) is 66.0 Å². The molecule has 2 aromatic carbocycles. The largest absolute Gasteiger partial charge is 0.497 e. The van der Waals surface area contributed by atoms with Gasteiger partial charge in [-0.05, 0) is 36.8 Å². The number of hydrogen-bond acceptors (Lipinski definition) is 6. The topological polar surface area (TPSA) is 82.3 Å². The van der Waals surface area contributed by atoms with Crippen LogP contribution in [0, 0.1) is 6.92 Å². The second kappa shape index (κ2) is 7.53. The van der Waals surface area contributed by atoms with E-state index in [4.69, 9.17) is 15.2 Å². The van der Waals surface area contributed by atoms with Crippen LogP contribution in [0.1, 0.15) is 11.1 Å². The van der Waals surface area contributed by atoms with Gasteiger partial charge in [0, 0.05) is 6.54 Å². The van der Waals surface area contributed by atoms with Gasteiger partial charge in [-0.1, -0.05) is 29.8 Å². The van der Waals surface area contributed by atoms with Crippen LogP contribution in [-0.2, 0) is 6.54 Å². The summed E-state index contributed by atoms with van der Waals surface area (Å²) in [6, 6.07) is 15.5. The Morgan fingerprint density at radius 2 is 1.64 bits per heavy atom. The highest BCUT2D eigenvalue weighted by Crippen LogP contribution is 2.30. The number of nitrogens with zero attached hydrogens (tertiary/aromatic N) is 2. The van der Waals surface area contributed by atoms with Crippen molar-refractivity contribution in [1.29, 1.82) is 0 Å². The van der Waals surface area contributed by atoms with Gasteiger partial charge in [0.1, 0.15) is 23.5 Å². The van der Waals surface area contributed by atoms with E-state index in [2.05, 4.69) is 46.5 Å². The molecule has 0 spiro atoms. The first-order chi connectivity index (χ1) is 12.2.